The van der Waals surface area contributed by atoms with Crippen molar-refractivity contribution < 1.29 is 18.1 Å². The third kappa shape index (κ3) is 6.19. The zero-order valence-corrected chi connectivity index (χ0v) is 19.1. The molecule has 0 spiro atoms. The summed E-state index contributed by atoms with van der Waals surface area (Å²) in [6, 6.07) is 20.4. The van der Waals surface area contributed by atoms with Gasteiger partial charge in [-0.05, 0) is 48.1 Å². The quantitative estimate of drug-likeness (QED) is 0.299. The minimum absolute atomic E-state index is 0.0386. The van der Waals surface area contributed by atoms with E-state index in [0.29, 0.717) is 5.69 Å². The summed E-state index contributed by atoms with van der Waals surface area (Å²) in [5.74, 6) is -0.613. The van der Waals surface area contributed by atoms with E-state index in [-0.39, 0.29) is 27.8 Å². The van der Waals surface area contributed by atoms with E-state index in [2.05, 4.69) is 10.6 Å². The van der Waals surface area contributed by atoms with E-state index in [1.807, 2.05) is 30.3 Å². The SMILES string of the molecule is CN(Cc1ccccc1)S(=O)(=O)c1ccc(NC(=S)NC(=O)c2cccc([N+](=O)[O-])c2)cc1. The molecule has 0 saturated heterocycles. The first-order valence-corrected chi connectivity index (χ1v) is 11.5. The first kappa shape index (κ1) is 24.0. The number of benzene rings is 3. The second-order valence-electron chi connectivity index (χ2n) is 6.99. The van der Waals surface area contributed by atoms with E-state index in [9.17, 15) is 23.3 Å². The second-order valence-corrected chi connectivity index (χ2v) is 9.44. The van der Waals surface area contributed by atoms with Gasteiger partial charge in [-0.25, -0.2) is 8.42 Å². The van der Waals surface area contributed by atoms with Gasteiger partial charge < -0.3 is 5.32 Å². The molecular weight excluding hydrogens is 464 g/mol. The molecule has 0 bridgehead atoms. The van der Waals surface area contributed by atoms with Crippen LogP contribution in [0.5, 0.6) is 0 Å². The molecule has 0 aliphatic heterocycles. The molecule has 11 heteroatoms. The van der Waals surface area contributed by atoms with Crippen LogP contribution in [0.1, 0.15) is 15.9 Å². The fourth-order valence-electron chi connectivity index (χ4n) is 2.91. The second kappa shape index (κ2) is 10.3. The van der Waals surface area contributed by atoms with E-state index in [4.69, 9.17) is 12.2 Å². The van der Waals surface area contributed by atoms with Gasteiger partial charge in [0.1, 0.15) is 0 Å². The van der Waals surface area contributed by atoms with Crippen LogP contribution in [0.4, 0.5) is 11.4 Å². The number of amides is 1. The summed E-state index contributed by atoms with van der Waals surface area (Å²) in [4.78, 5) is 22.7. The Kier molecular flexibility index (Phi) is 7.48. The van der Waals surface area contributed by atoms with Gasteiger partial charge in [-0.15, -0.1) is 0 Å². The van der Waals surface area contributed by atoms with E-state index >= 15 is 0 Å². The zero-order chi connectivity index (χ0) is 24.0. The van der Waals surface area contributed by atoms with Crippen LogP contribution in [-0.2, 0) is 16.6 Å². The van der Waals surface area contributed by atoms with Crippen molar-refractivity contribution in [3.63, 3.8) is 0 Å². The number of hydrogen-bond donors (Lipinski definition) is 2. The number of thiocarbonyl (C=S) groups is 1. The standard InChI is InChI=1S/C22H20N4O5S2/c1-25(15-16-6-3-2-4-7-16)33(30,31)20-12-10-18(11-13-20)23-22(32)24-21(27)17-8-5-9-19(14-17)26(28)29/h2-14H,15H2,1H3,(H2,23,24,27,32). The molecule has 1 amide bonds. The highest BCUT2D eigenvalue weighted by atomic mass is 32.2. The van der Waals surface area contributed by atoms with Crippen molar-refractivity contribution in [2.24, 2.45) is 0 Å². The molecule has 0 aromatic heterocycles. The highest BCUT2D eigenvalue weighted by molar-refractivity contribution is 7.89. The van der Waals surface area contributed by atoms with Crippen LogP contribution < -0.4 is 10.6 Å². The summed E-state index contributed by atoms with van der Waals surface area (Å²) in [6.07, 6.45) is 0. The molecule has 0 fully saturated rings. The van der Waals surface area contributed by atoms with Crippen LogP contribution in [0.2, 0.25) is 0 Å². The Hall–Kier alpha value is -3.67. The van der Waals surface area contributed by atoms with E-state index < -0.39 is 20.9 Å². The Bertz CT molecular complexity index is 1280. The molecule has 0 radical (unpaired) electrons. The number of carbonyl (C=O) groups is 1. The Balaban J connectivity index is 1.62. The number of non-ortho nitro benzene ring substituents is 1. The maximum absolute atomic E-state index is 12.8. The number of rotatable bonds is 7. The predicted molar refractivity (Wildman–Crippen MR) is 128 cm³/mol. The lowest BCUT2D eigenvalue weighted by Gasteiger charge is -2.17. The lowest BCUT2D eigenvalue weighted by molar-refractivity contribution is -0.384. The molecule has 33 heavy (non-hydrogen) atoms. The highest BCUT2D eigenvalue weighted by Crippen LogP contribution is 2.19. The molecular formula is C22H20N4O5S2. The Morgan fingerprint density at radius 3 is 2.33 bits per heavy atom. The van der Waals surface area contributed by atoms with Gasteiger partial charge in [0.15, 0.2) is 5.11 Å². The van der Waals surface area contributed by atoms with Gasteiger partial charge in [0.25, 0.3) is 11.6 Å². The maximum Gasteiger partial charge on any atom is 0.270 e. The summed E-state index contributed by atoms with van der Waals surface area (Å²) in [7, 11) is -2.19. The van der Waals surface area contributed by atoms with Crippen molar-refractivity contribution in [2.75, 3.05) is 12.4 Å². The van der Waals surface area contributed by atoms with Crippen molar-refractivity contribution >= 4 is 44.6 Å². The number of nitrogens with zero attached hydrogens (tertiary/aromatic N) is 2. The Morgan fingerprint density at radius 1 is 1.03 bits per heavy atom. The minimum atomic E-state index is -3.70. The minimum Gasteiger partial charge on any atom is -0.332 e. The van der Waals surface area contributed by atoms with Gasteiger partial charge in [-0.3, -0.25) is 20.2 Å². The van der Waals surface area contributed by atoms with E-state index in [0.717, 1.165) is 11.6 Å². The monoisotopic (exact) mass is 484 g/mol. The number of hydrogen-bond acceptors (Lipinski definition) is 6. The molecule has 9 nitrogen and oxygen atoms in total. The van der Waals surface area contributed by atoms with Crippen molar-refractivity contribution in [1.82, 2.24) is 9.62 Å². The van der Waals surface area contributed by atoms with Crippen molar-refractivity contribution in [2.45, 2.75) is 11.4 Å². The molecule has 0 heterocycles. The Morgan fingerprint density at radius 2 is 1.70 bits per heavy atom. The lowest BCUT2D eigenvalue weighted by atomic mass is 10.2. The number of nitro groups is 1. The largest absolute Gasteiger partial charge is 0.332 e. The normalized spacial score (nSPS) is 11.1. The molecule has 3 aromatic rings. The molecule has 0 aliphatic rings. The number of nitro benzene ring substituents is 1. The summed E-state index contributed by atoms with van der Waals surface area (Å²) in [5.41, 5.74) is 1.20. The van der Waals surface area contributed by atoms with Crippen LogP contribution in [0.3, 0.4) is 0 Å². The molecule has 2 N–H and O–H groups in total. The first-order valence-electron chi connectivity index (χ1n) is 9.64. The fourth-order valence-corrected chi connectivity index (χ4v) is 4.28. The molecule has 0 unspecified atom stereocenters. The first-order chi connectivity index (χ1) is 15.7. The molecule has 170 valence electrons. The highest BCUT2D eigenvalue weighted by Gasteiger charge is 2.21. The maximum atomic E-state index is 12.8. The summed E-state index contributed by atoms with van der Waals surface area (Å²) in [6.45, 7) is 0.233. The molecule has 3 rings (SSSR count). The van der Waals surface area contributed by atoms with Crippen LogP contribution >= 0.6 is 12.2 Å². The van der Waals surface area contributed by atoms with Gasteiger partial charge in [0.2, 0.25) is 10.0 Å². The van der Waals surface area contributed by atoms with Gasteiger partial charge in [0, 0.05) is 37.0 Å². The Labute approximate surface area is 196 Å². The topological polar surface area (TPSA) is 122 Å². The van der Waals surface area contributed by atoms with E-state index in [1.165, 1.54) is 53.8 Å². The third-order valence-corrected chi connectivity index (χ3v) is 6.64. The average molecular weight is 485 g/mol. The molecule has 3 aromatic carbocycles. The van der Waals surface area contributed by atoms with Crippen LogP contribution in [0, 0.1) is 10.1 Å². The van der Waals surface area contributed by atoms with Gasteiger partial charge in [-0.1, -0.05) is 36.4 Å². The van der Waals surface area contributed by atoms with Crippen LogP contribution in [-0.4, -0.2) is 35.7 Å². The summed E-state index contributed by atoms with van der Waals surface area (Å²) < 4.78 is 26.9. The number of anilines is 1. The number of nitrogens with one attached hydrogen (secondary N) is 2. The smallest absolute Gasteiger partial charge is 0.270 e. The number of sulfonamides is 1. The van der Waals surface area contributed by atoms with E-state index in [1.54, 1.807) is 0 Å². The van der Waals surface area contributed by atoms with Gasteiger partial charge in [-0.2, -0.15) is 4.31 Å². The van der Waals surface area contributed by atoms with Crippen molar-refractivity contribution in [3.8, 4) is 0 Å². The molecule has 0 atom stereocenters. The van der Waals surface area contributed by atoms with Crippen molar-refractivity contribution in [1.29, 1.82) is 0 Å². The zero-order valence-electron chi connectivity index (χ0n) is 17.5. The third-order valence-electron chi connectivity index (χ3n) is 4.61. The molecule has 0 aliphatic carbocycles. The van der Waals surface area contributed by atoms with Crippen LogP contribution in [0.25, 0.3) is 0 Å². The predicted octanol–water partition coefficient (Wildman–Crippen LogP) is 3.54. The van der Waals surface area contributed by atoms with Crippen molar-refractivity contribution in [3.05, 3.63) is 100 Å². The summed E-state index contributed by atoms with van der Waals surface area (Å²) >= 11 is 5.11. The summed E-state index contributed by atoms with van der Waals surface area (Å²) in [5, 5.41) is 16.0. The van der Waals surface area contributed by atoms with Gasteiger partial charge in [0.05, 0.1) is 9.82 Å². The fraction of sp³-hybridized carbons (Fsp3) is 0.0909. The molecule has 0 saturated carbocycles. The van der Waals surface area contributed by atoms with Crippen LogP contribution in [0.15, 0.2) is 83.8 Å². The lowest BCUT2D eigenvalue weighted by Crippen LogP contribution is -2.34. The van der Waals surface area contributed by atoms with Gasteiger partial charge >= 0.3 is 0 Å². The average Bonchev–Trinajstić information content (AvgIpc) is 2.80. The number of carbonyl (C=O) groups excluding carboxylic acids is 1.